The predicted octanol–water partition coefficient (Wildman–Crippen LogP) is 3.78. The zero-order chi connectivity index (χ0) is 22.5. The van der Waals surface area contributed by atoms with Crippen molar-refractivity contribution in [1.29, 1.82) is 0 Å². The number of benzene rings is 2. The van der Waals surface area contributed by atoms with Crippen LogP contribution >= 0.6 is 11.6 Å². The summed E-state index contributed by atoms with van der Waals surface area (Å²) in [5.41, 5.74) is -0.813. The minimum absolute atomic E-state index is 0.128. The number of hydrogen-bond donors (Lipinski definition) is 1. The average Bonchev–Trinajstić information content (AvgIpc) is 2.73. The summed E-state index contributed by atoms with van der Waals surface area (Å²) in [4.78, 5) is 47.7. The lowest BCUT2D eigenvalue weighted by Gasteiger charge is -2.18. The number of fused-ring (bicyclic) bond motifs is 1. The summed E-state index contributed by atoms with van der Waals surface area (Å²) in [6.45, 7) is 1.76. The van der Waals surface area contributed by atoms with Gasteiger partial charge < -0.3 is 14.5 Å². The first kappa shape index (κ1) is 22.0. The van der Waals surface area contributed by atoms with E-state index in [1.54, 1.807) is 13.0 Å². The van der Waals surface area contributed by atoms with Crippen LogP contribution < -0.4 is 10.9 Å². The van der Waals surface area contributed by atoms with Crippen LogP contribution in [0.5, 0.6) is 0 Å². The Balaban J connectivity index is 1.96. The van der Waals surface area contributed by atoms with Crippen molar-refractivity contribution in [2.24, 2.45) is 0 Å². The fourth-order valence-electron chi connectivity index (χ4n) is 2.98. The number of halogens is 1. The molecule has 1 heterocycles. The minimum Gasteiger partial charge on any atom is -0.466 e. The van der Waals surface area contributed by atoms with E-state index in [9.17, 15) is 24.5 Å². The summed E-state index contributed by atoms with van der Waals surface area (Å²) in [6, 6.07) is 10.4. The van der Waals surface area contributed by atoms with Crippen molar-refractivity contribution in [2.75, 3.05) is 6.61 Å². The molecule has 0 saturated heterocycles. The molecule has 3 rings (SSSR count). The highest BCUT2D eigenvalue weighted by molar-refractivity contribution is 6.31. The molecule has 0 unspecified atom stereocenters. The Morgan fingerprint density at radius 1 is 1.23 bits per heavy atom. The van der Waals surface area contributed by atoms with Crippen LogP contribution in [0.4, 0.5) is 5.69 Å². The van der Waals surface area contributed by atoms with Gasteiger partial charge in [0.25, 0.3) is 11.6 Å². The summed E-state index contributed by atoms with van der Waals surface area (Å²) in [6.07, 6.45) is -0.286. The number of carbonyl (C=O) groups is 2. The van der Waals surface area contributed by atoms with E-state index in [0.29, 0.717) is 16.0 Å². The average molecular weight is 445 g/mol. The van der Waals surface area contributed by atoms with Crippen LogP contribution in [-0.4, -0.2) is 23.4 Å². The molecule has 2 aromatic carbocycles. The molecule has 0 aliphatic rings. The van der Waals surface area contributed by atoms with Gasteiger partial charge >= 0.3 is 11.6 Å². The molecule has 0 fully saturated rings. The van der Waals surface area contributed by atoms with Gasteiger partial charge in [0.15, 0.2) is 0 Å². The molecule has 1 atom stereocenters. The van der Waals surface area contributed by atoms with Crippen molar-refractivity contribution in [1.82, 2.24) is 5.32 Å². The molecule has 160 valence electrons. The van der Waals surface area contributed by atoms with E-state index in [1.165, 1.54) is 42.5 Å². The Hall–Kier alpha value is -3.72. The molecule has 9 nitrogen and oxygen atoms in total. The number of nitrogens with one attached hydrogen (secondary N) is 1. The molecule has 3 aromatic rings. The first-order valence-corrected chi connectivity index (χ1v) is 9.60. The summed E-state index contributed by atoms with van der Waals surface area (Å²) in [5, 5.41) is 14.5. The fourth-order valence-corrected chi connectivity index (χ4v) is 3.16. The summed E-state index contributed by atoms with van der Waals surface area (Å²) < 4.78 is 10.1. The number of hydrogen-bond acceptors (Lipinski definition) is 7. The quantitative estimate of drug-likeness (QED) is 0.254. The summed E-state index contributed by atoms with van der Waals surface area (Å²) >= 11 is 5.96. The van der Waals surface area contributed by atoms with Gasteiger partial charge in [-0.15, -0.1) is 0 Å². The lowest BCUT2D eigenvalue weighted by Crippen LogP contribution is -2.33. The highest BCUT2D eigenvalue weighted by Gasteiger charge is 2.24. The SMILES string of the molecule is CCOC(=O)C[C@@H](NC(=O)c1cc2cc(Cl)ccc2oc1=O)c1cccc([N+](=O)[O-])c1. The normalized spacial score (nSPS) is 11.7. The topological polar surface area (TPSA) is 129 Å². The van der Waals surface area contributed by atoms with E-state index in [0.717, 1.165) is 0 Å². The Morgan fingerprint density at radius 2 is 2.00 bits per heavy atom. The van der Waals surface area contributed by atoms with Crippen molar-refractivity contribution >= 4 is 40.1 Å². The third-order valence-electron chi connectivity index (χ3n) is 4.40. The number of esters is 1. The van der Waals surface area contributed by atoms with E-state index in [2.05, 4.69) is 5.32 Å². The van der Waals surface area contributed by atoms with Gasteiger partial charge in [0.1, 0.15) is 11.1 Å². The highest BCUT2D eigenvalue weighted by atomic mass is 35.5. The maximum absolute atomic E-state index is 12.8. The first-order valence-electron chi connectivity index (χ1n) is 9.22. The number of amides is 1. The molecular formula is C21H17ClN2O7. The van der Waals surface area contributed by atoms with Gasteiger partial charge in [-0.3, -0.25) is 19.7 Å². The Morgan fingerprint density at radius 3 is 2.71 bits per heavy atom. The Kier molecular flexibility index (Phi) is 6.66. The van der Waals surface area contributed by atoms with Crippen LogP contribution in [0.15, 0.2) is 57.7 Å². The van der Waals surface area contributed by atoms with Crippen molar-refractivity contribution in [3.63, 3.8) is 0 Å². The second-order valence-corrected chi connectivity index (χ2v) is 6.95. The fraction of sp³-hybridized carbons (Fsp3) is 0.190. The molecule has 0 spiro atoms. The number of non-ortho nitro benzene ring substituents is 1. The molecule has 0 aliphatic carbocycles. The molecule has 31 heavy (non-hydrogen) atoms. The van der Waals surface area contributed by atoms with E-state index >= 15 is 0 Å². The van der Waals surface area contributed by atoms with E-state index < -0.39 is 28.5 Å². The zero-order valence-electron chi connectivity index (χ0n) is 16.3. The predicted molar refractivity (Wildman–Crippen MR) is 112 cm³/mol. The van der Waals surface area contributed by atoms with E-state index in [1.807, 2.05) is 0 Å². The molecule has 0 aliphatic heterocycles. The molecule has 1 N–H and O–H groups in total. The molecule has 1 aromatic heterocycles. The van der Waals surface area contributed by atoms with E-state index in [4.69, 9.17) is 20.8 Å². The maximum Gasteiger partial charge on any atom is 0.349 e. The number of carbonyl (C=O) groups excluding carboxylic acids is 2. The van der Waals surface area contributed by atoms with Gasteiger partial charge in [-0.25, -0.2) is 4.79 Å². The summed E-state index contributed by atoms with van der Waals surface area (Å²) in [5.74, 6) is -1.42. The van der Waals surface area contributed by atoms with Crippen molar-refractivity contribution in [2.45, 2.75) is 19.4 Å². The second-order valence-electron chi connectivity index (χ2n) is 6.52. The van der Waals surface area contributed by atoms with Gasteiger partial charge in [0, 0.05) is 22.5 Å². The number of nitro benzene ring substituents is 1. The molecule has 10 heteroatoms. The lowest BCUT2D eigenvalue weighted by atomic mass is 10.0. The smallest absolute Gasteiger partial charge is 0.349 e. The van der Waals surface area contributed by atoms with Crippen LogP contribution in [0.3, 0.4) is 0 Å². The highest BCUT2D eigenvalue weighted by Crippen LogP contribution is 2.23. The third kappa shape index (κ3) is 5.26. The number of ether oxygens (including phenoxy) is 1. The molecule has 0 bridgehead atoms. The maximum atomic E-state index is 12.8. The Labute approximate surface area is 180 Å². The standard InChI is InChI=1S/C21H17ClN2O7/c1-2-30-19(25)11-17(12-4-3-5-15(9-12)24(28)29)23-20(26)16-10-13-8-14(22)6-7-18(13)31-21(16)27/h3-10,17H,2,11H2,1H3,(H,23,26)/t17-/m1/s1. The van der Waals surface area contributed by atoms with Crippen LogP contribution in [0, 0.1) is 10.1 Å². The van der Waals surface area contributed by atoms with Crippen LogP contribution in [0.25, 0.3) is 11.0 Å². The van der Waals surface area contributed by atoms with Crippen molar-refractivity contribution in [3.8, 4) is 0 Å². The van der Waals surface area contributed by atoms with Crippen LogP contribution in [-0.2, 0) is 9.53 Å². The summed E-state index contributed by atoms with van der Waals surface area (Å²) in [7, 11) is 0. The number of rotatable bonds is 7. The van der Waals surface area contributed by atoms with Gasteiger partial charge in [0.05, 0.1) is 24.0 Å². The molecule has 0 saturated carbocycles. The zero-order valence-corrected chi connectivity index (χ0v) is 17.0. The van der Waals surface area contributed by atoms with Gasteiger partial charge in [-0.05, 0) is 36.8 Å². The lowest BCUT2D eigenvalue weighted by molar-refractivity contribution is -0.384. The number of nitro groups is 1. The van der Waals surface area contributed by atoms with Crippen molar-refractivity contribution < 1.29 is 23.7 Å². The minimum atomic E-state index is -0.971. The van der Waals surface area contributed by atoms with E-state index in [-0.39, 0.29) is 29.9 Å². The number of nitrogens with zero attached hydrogens (tertiary/aromatic N) is 1. The third-order valence-corrected chi connectivity index (χ3v) is 4.64. The van der Waals surface area contributed by atoms with Crippen LogP contribution in [0.1, 0.15) is 35.3 Å². The molecular weight excluding hydrogens is 428 g/mol. The van der Waals surface area contributed by atoms with Gasteiger partial charge in [-0.1, -0.05) is 23.7 Å². The largest absolute Gasteiger partial charge is 0.466 e. The monoisotopic (exact) mass is 444 g/mol. The second kappa shape index (κ2) is 9.40. The molecule has 1 amide bonds. The van der Waals surface area contributed by atoms with Gasteiger partial charge in [0.2, 0.25) is 0 Å². The van der Waals surface area contributed by atoms with Crippen molar-refractivity contribution in [3.05, 3.63) is 85.2 Å². The first-order chi connectivity index (χ1) is 14.8. The Bertz CT molecular complexity index is 1220. The van der Waals surface area contributed by atoms with Crippen LogP contribution in [0.2, 0.25) is 5.02 Å². The van der Waals surface area contributed by atoms with Gasteiger partial charge in [-0.2, -0.15) is 0 Å². The molecule has 0 radical (unpaired) electrons.